The monoisotopic (exact) mass is 279 g/mol. The Morgan fingerprint density at radius 3 is 2.95 bits per heavy atom. The number of hydrogen-bond donors (Lipinski definition) is 1. The molecule has 1 heterocycles. The summed E-state index contributed by atoms with van der Waals surface area (Å²) in [6.45, 7) is 1.36. The van der Waals surface area contributed by atoms with Crippen LogP contribution >= 0.6 is 11.6 Å². The second-order valence-corrected chi connectivity index (χ2v) is 5.30. The molecule has 19 heavy (non-hydrogen) atoms. The van der Waals surface area contributed by atoms with Crippen LogP contribution in [0.4, 0.5) is 4.39 Å². The van der Waals surface area contributed by atoms with Crippen LogP contribution < -0.4 is 5.32 Å². The number of nitrogens with zero attached hydrogens (tertiary/aromatic N) is 2. The first-order chi connectivity index (χ1) is 9.20. The van der Waals surface area contributed by atoms with Crippen LogP contribution in [-0.4, -0.2) is 15.8 Å². The Labute approximate surface area is 116 Å². The van der Waals surface area contributed by atoms with E-state index in [1.54, 1.807) is 6.07 Å². The van der Waals surface area contributed by atoms with Crippen molar-refractivity contribution >= 4 is 11.6 Å². The second-order valence-electron chi connectivity index (χ2n) is 4.90. The van der Waals surface area contributed by atoms with Crippen LogP contribution in [0.5, 0.6) is 0 Å². The number of aromatic nitrogens is 2. The van der Waals surface area contributed by atoms with Crippen LogP contribution in [0.3, 0.4) is 0 Å². The van der Waals surface area contributed by atoms with E-state index in [4.69, 9.17) is 11.6 Å². The number of hydrogen-bond acceptors (Lipinski definition) is 2. The van der Waals surface area contributed by atoms with Crippen LogP contribution in [0.25, 0.3) is 0 Å². The third-order valence-corrected chi connectivity index (χ3v) is 3.54. The normalized spacial score (nSPS) is 14.8. The maximum atomic E-state index is 13.0. The topological polar surface area (TPSA) is 29.9 Å². The molecule has 1 N–H and O–H groups in total. The van der Waals surface area contributed by atoms with Crippen molar-refractivity contribution in [3.8, 4) is 0 Å². The molecule has 1 aromatic carbocycles. The van der Waals surface area contributed by atoms with E-state index < -0.39 is 0 Å². The molecule has 0 unspecified atom stereocenters. The van der Waals surface area contributed by atoms with Crippen LogP contribution in [0, 0.1) is 5.82 Å². The van der Waals surface area contributed by atoms with E-state index >= 15 is 0 Å². The van der Waals surface area contributed by atoms with Crippen LogP contribution in [0.2, 0.25) is 5.02 Å². The molecule has 0 bridgehead atoms. The molecule has 100 valence electrons. The van der Waals surface area contributed by atoms with Gasteiger partial charge in [-0.1, -0.05) is 17.7 Å². The van der Waals surface area contributed by atoms with Gasteiger partial charge in [-0.25, -0.2) is 4.39 Å². The van der Waals surface area contributed by atoms with Gasteiger partial charge in [0.1, 0.15) is 5.82 Å². The van der Waals surface area contributed by atoms with E-state index in [1.807, 2.05) is 16.9 Å². The van der Waals surface area contributed by atoms with Gasteiger partial charge in [-0.15, -0.1) is 0 Å². The molecule has 0 radical (unpaired) electrons. The first-order valence-corrected chi connectivity index (χ1v) is 6.78. The lowest BCUT2D eigenvalue weighted by atomic mass is 10.2. The number of halogens is 2. The zero-order valence-corrected chi connectivity index (χ0v) is 11.2. The molecule has 3 rings (SSSR count). The Balaban J connectivity index is 1.65. The highest BCUT2D eigenvalue weighted by atomic mass is 35.5. The average molecular weight is 280 g/mol. The van der Waals surface area contributed by atoms with Crippen molar-refractivity contribution in [1.29, 1.82) is 0 Å². The summed E-state index contributed by atoms with van der Waals surface area (Å²) in [5.74, 6) is -0.316. The molecule has 1 fully saturated rings. The molecule has 1 aliphatic carbocycles. The average Bonchev–Trinajstić information content (AvgIpc) is 3.10. The van der Waals surface area contributed by atoms with E-state index in [1.165, 1.54) is 25.0 Å². The summed E-state index contributed by atoms with van der Waals surface area (Å²) in [5, 5.41) is 8.33. The number of benzene rings is 1. The van der Waals surface area contributed by atoms with Crippen molar-refractivity contribution in [2.24, 2.45) is 0 Å². The van der Waals surface area contributed by atoms with Crippen molar-refractivity contribution in [3.63, 3.8) is 0 Å². The summed E-state index contributed by atoms with van der Waals surface area (Å²) >= 11 is 6.00. The lowest BCUT2D eigenvalue weighted by Gasteiger charge is -2.05. The van der Waals surface area contributed by atoms with Crippen LogP contribution in [-0.2, 0) is 13.1 Å². The Morgan fingerprint density at radius 1 is 1.37 bits per heavy atom. The molecule has 0 saturated heterocycles. The summed E-state index contributed by atoms with van der Waals surface area (Å²) in [5.41, 5.74) is 1.89. The minimum absolute atomic E-state index is 0.316. The van der Waals surface area contributed by atoms with Crippen molar-refractivity contribution < 1.29 is 4.39 Å². The highest BCUT2D eigenvalue weighted by Gasteiger charge is 2.20. The Bertz CT molecular complexity index is 578. The summed E-state index contributed by atoms with van der Waals surface area (Å²) in [6.07, 6.45) is 4.46. The molecule has 5 heteroatoms. The summed E-state index contributed by atoms with van der Waals surface area (Å²) < 4.78 is 14.8. The van der Waals surface area contributed by atoms with E-state index in [2.05, 4.69) is 10.4 Å². The highest BCUT2D eigenvalue weighted by molar-refractivity contribution is 6.31. The van der Waals surface area contributed by atoms with Crippen molar-refractivity contribution in [3.05, 3.63) is 52.6 Å². The second kappa shape index (κ2) is 5.31. The quantitative estimate of drug-likeness (QED) is 0.912. The third kappa shape index (κ3) is 3.33. The highest BCUT2D eigenvalue weighted by Crippen LogP contribution is 2.20. The zero-order valence-electron chi connectivity index (χ0n) is 10.4. The predicted octanol–water partition coefficient (Wildman–Crippen LogP) is 2.98. The summed E-state index contributed by atoms with van der Waals surface area (Å²) in [7, 11) is 0. The van der Waals surface area contributed by atoms with Crippen molar-refractivity contribution in [2.45, 2.75) is 32.0 Å². The Morgan fingerprint density at radius 2 is 2.21 bits per heavy atom. The first kappa shape index (κ1) is 12.6. The summed E-state index contributed by atoms with van der Waals surface area (Å²) in [4.78, 5) is 0. The molecule has 0 atom stereocenters. The number of rotatable bonds is 5. The minimum Gasteiger partial charge on any atom is -0.308 e. The standard InChI is InChI=1S/C14H15ClFN3/c15-14-7-11(16)2-1-10(14)9-19-6-5-13(18-19)8-17-12-3-4-12/h1-2,5-7,12,17H,3-4,8-9H2. The van der Waals surface area contributed by atoms with Gasteiger partial charge >= 0.3 is 0 Å². The molecular weight excluding hydrogens is 265 g/mol. The molecule has 1 aliphatic rings. The van der Waals surface area contributed by atoms with Gasteiger partial charge in [0.05, 0.1) is 12.2 Å². The fourth-order valence-electron chi connectivity index (χ4n) is 1.95. The maximum absolute atomic E-state index is 13.0. The molecule has 0 spiro atoms. The SMILES string of the molecule is Fc1ccc(Cn2ccc(CNC3CC3)n2)c(Cl)c1. The summed E-state index contributed by atoms with van der Waals surface area (Å²) in [6, 6.07) is 7.11. The minimum atomic E-state index is -0.316. The molecule has 0 amide bonds. The van der Waals surface area contributed by atoms with Gasteiger partial charge in [0.15, 0.2) is 0 Å². The van der Waals surface area contributed by atoms with Gasteiger partial charge in [-0.2, -0.15) is 5.10 Å². The third-order valence-electron chi connectivity index (χ3n) is 3.19. The van der Waals surface area contributed by atoms with Gasteiger partial charge in [0.2, 0.25) is 0 Å². The van der Waals surface area contributed by atoms with E-state index in [-0.39, 0.29) is 5.82 Å². The van der Waals surface area contributed by atoms with Gasteiger partial charge in [-0.05, 0) is 36.6 Å². The fourth-order valence-corrected chi connectivity index (χ4v) is 2.17. The lowest BCUT2D eigenvalue weighted by Crippen LogP contribution is -2.16. The van der Waals surface area contributed by atoms with E-state index in [0.29, 0.717) is 17.6 Å². The first-order valence-electron chi connectivity index (χ1n) is 6.40. The zero-order chi connectivity index (χ0) is 13.2. The van der Waals surface area contributed by atoms with E-state index in [9.17, 15) is 4.39 Å². The smallest absolute Gasteiger partial charge is 0.124 e. The fraction of sp³-hybridized carbons (Fsp3) is 0.357. The Hall–Kier alpha value is -1.39. The maximum Gasteiger partial charge on any atom is 0.124 e. The molecule has 1 aromatic heterocycles. The van der Waals surface area contributed by atoms with Crippen molar-refractivity contribution in [1.82, 2.24) is 15.1 Å². The largest absolute Gasteiger partial charge is 0.308 e. The molecule has 0 aliphatic heterocycles. The van der Waals surface area contributed by atoms with Crippen molar-refractivity contribution in [2.75, 3.05) is 0 Å². The van der Waals surface area contributed by atoms with Crippen LogP contribution in [0.15, 0.2) is 30.5 Å². The number of nitrogens with one attached hydrogen (secondary N) is 1. The van der Waals surface area contributed by atoms with Gasteiger partial charge in [0.25, 0.3) is 0 Å². The van der Waals surface area contributed by atoms with E-state index in [0.717, 1.165) is 17.8 Å². The van der Waals surface area contributed by atoms with Gasteiger partial charge < -0.3 is 5.32 Å². The van der Waals surface area contributed by atoms with Gasteiger partial charge in [0, 0.05) is 23.8 Å². The van der Waals surface area contributed by atoms with Crippen LogP contribution in [0.1, 0.15) is 24.1 Å². The van der Waals surface area contributed by atoms with Gasteiger partial charge in [-0.3, -0.25) is 4.68 Å². The Kier molecular flexibility index (Phi) is 3.53. The lowest BCUT2D eigenvalue weighted by molar-refractivity contribution is 0.619. The molecule has 2 aromatic rings. The molecular formula is C14H15ClFN3. The molecule has 1 saturated carbocycles. The predicted molar refractivity (Wildman–Crippen MR) is 72.6 cm³/mol. The molecule has 3 nitrogen and oxygen atoms in total.